The maximum absolute atomic E-state index is 10.3. The minimum Gasteiger partial charge on any atom is -0.387 e. The first-order valence-corrected chi connectivity index (χ1v) is 5.73. The first-order valence-electron chi connectivity index (χ1n) is 4.68. The fraction of sp³-hybridized carbons (Fsp3) is 1.00. The maximum atomic E-state index is 10.3. The van der Waals surface area contributed by atoms with E-state index >= 15 is 0 Å². The molecule has 1 saturated heterocycles. The van der Waals surface area contributed by atoms with Gasteiger partial charge in [-0.05, 0) is 25.6 Å². The smallest absolute Gasteiger partial charge is 0.0920 e. The number of hydrogen-bond donors (Lipinski definition) is 2. The van der Waals surface area contributed by atoms with Crippen molar-refractivity contribution in [1.29, 1.82) is 0 Å². The van der Waals surface area contributed by atoms with Crippen LogP contribution in [0.15, 0.2) is 0 Å². The van der Waals surface area contributed by atoms with Crippen LogP contribution >= 0.6 is 11.8 Å². The van der Waals surface area contributed by atoms with Crippen molar-refractivity contribution in [3.8, 4) is 0 Å². The Morgan fingerprint density at radius 1 is 1.75 bits per heavy atom. The van der Waals surface area contributed by atoms with E-state index in [4.69, 9.17) is 0 Å². The highest BCUT2D eigenvalue weighted by atomic mass is 32.2. The third-order valence-corrected chi connectivity index (χ3v) is 4.18. The summed E-state index contributed by atoms with van der Waals surface area (Å²) in [6, 6.07) is 0.215. The van der Waals surface area contributed by atoms with Crippen LogP contribution in [-0.2, 0) is 0 Å². The van der Waals surface area contributed by atoms with Crippen molar-refractivity contribution in [3.63, 3.8) is 0 Å². The summed E-state index contributed by atoms with van der Waals surface area (Å²) in [5.74, 6) is 1.09. The standard InChI is InChI=1S/C9H19NOS/c1-4-10-7(2)9(11)5-6-12-8(9)3/h7-8,10-11H,4-6H2,1-3H3. The van der Waals surface area contributed by atoms with E-state index in [0.29, 0.717) is 5.25 Å². The topological polar surface area (TPSA) is 32.3 Å². The summed E-state index contributed by atoms with van der Waals surface area (Å²) in [4.78, 5) is 0. The molecule has 1 fully saturated rings. The van der Waals surface area contributed by atoms with Crippen LogP contribution in [0.3, 0.4) is 0 Å². The Hall–Kier alpha value is 0.270. The second kappa shape index (κ2) is 3.99. The van der Waals surface area contributed by atoms with E-state index in [1.54, 1.807) is 0 Å². The van der Waals surface area contributed by atoms with Gasteiger partial charge in [0.05, 0.1) is 5.60 Å². The van der Waals surface area contributed by atoms with Crippen molar-refractivity contribution in [2.45, 2.75) is 44.1 Å². The molecule has 0 aromatic carbocycles. The largest absolute Gasteiger partial charge is 0.387 e. The van der Waals surface area contributed by atoms with Crippen molar-refractivity contribution in [3.05, 3.63) is 0 Å². The molecule has 1 aliphatic rings. The highest BCUT2D eigenvalue weighted by Gasteiger charge is 2.43. The molecule has 3 heteroatoms. The van der Waals surface area contributed by atoms with E-state index < -0.39 is 5.60 Å². The van der Waals surface area contributed by atoms with Gasteiger partial charge in [-0.15, -0.1) is 0 Å². The van der Waals surface area contributed by atoms with Gasteiger partial charge in [0, 0.05) is 11.3 Å². The number of likely N-dealkylation sites (N-methyl/N-ethyl adjacent to an activating group) is 1. The molecule has 0 aromatic rings. The highest BCUT2D eigenvalue weighted by Crippen LogP contribution is 2.37. The van der Waals surface area contributed by atoms with Crippen LogP contribution in [0.2, 0.25) is 0 Å². The van der Waals surface area contributed by atoms with E-state index in [0.717, 1.165) is 18.7 Å². The van der Waals surface area contributed by atoms with Crippen LogP contribution in [0.4, 0.5) is 0 Å². The van der Waals surface area contributed by atoms with Crippen molar-refractivity contribution < 1.29 is 5.11 Å². The van der Waals surface area contributed by atoms with Crippen molar-refractivity contribution in [2.75, 3.05) is 12.3 Å². The molecule has 12 heavy (non-hydrogen) atoms. The normalized spacial score (nSPS) is 38.5. The zero-order chi connectivity index (χ0) is 9.19. The van der Waals surface area contributed by atoms with Crippen molar-refractivity contribution >= 4 is 11.8 Å². The summed E-state index contributed by atoms with van der Waals surface area (Å²) in [6.07, 6.45) is 0.924. The molecule has 0 spiro atoms. The van der Waals surface area contributed by atoms with Crippen molar-refractivity contribution in [2.24, 2.45) is 0 Å². The average Bonchev–Trinajstić information content (AvgIpc) is 2.34. The third kappa shape index (κ3) is 1.78. The van der Waals surface area contributed by atoms with Crippen LogP contribution in [0, 0.1) is 0 Å². The lowest BCUT2D eigenvalue weighted by Crippen LogP contribution is -2.52. The van der Waals surface area contributed by atoms with Crippen LogP contribution in [-0.4, -0.2) is 34.3 Å². The number of rotatable bonds is 3. The molecule has 0 amide bonds. The maximum Gasteiger partial charge on any atom is 0.0920 e. The molecule has 0 radical (unpaired) electrons. The number of thioether (sulfide) groups is 1. The predicted molar refractivity (Wildman–Crippen MR) is 54.6 cm³/mol. The second-order valence-corrected chi connectivity index (χ2v) is 4.98. The summed E-state index contributed by atoms with van der Waals surface area (Å²) in [7, 11) is 0. The molecule has 0 bridgehead atoms. The zero-order valence-electron chi connectivity index (χ0n) is 8.13. The van der Waals surface area contributed by atoms with Gasteiger partial charge in [0.1, 0.15) is 0 Å². The zero-order valence-corrected chi connectivity index (χ0v) is 8.95. The fourth-order valence-corrected chi connectivity index (χ4v) is 3.21. The summed E-state index contributed by atoms with van der Waals surface area (Å²) in [5.41, 5.74) is -0.485. The SMILES string of the molecule is CCNC(C)C1(O)CCSC1C. The Bertz CT molecular complexity index is 153. The Morgan fingerprint density at radius 3 is 2.83 bits per heavy atom. The van der Waals surface area contributed by atoms with E-state index in [1.807, 2.05) is 11.8 Å². The number of aliphatic hydroxyl groups is 1. The molecule has 1 aliphatic heterocycles. The number of hydrogen-bond acceptors (Lipinski definition) is 3. The molecular weight excluding hydrogens is 170 g/mol. The monoisotopic (exact) mass is 189 g/mol. The average molecular weight is 189 g/mol. The van der Waals surface area contributed by atoms with Gasteiger partial charge in [-0.2, -0.15) is 11.8 Å². The molecule has 72 valence electrons. The number of nitrogens with one attached hydrogen (secondary N) is 1. The molecule has 0 aliphatic carbocycles. The fourth-order valence-electron chi connectivity index (χ4n) is 1.80. The van der Waals surface area contributed by atoms with Crippen LogP contribution < -0.4 is 5.32 Å². The van der Waals surface area contributed by atoms with Gasteiger partial charge in [-0.1, -0.05) is 13.8 Å². The highest BCUT2D eigenvalue weighted by molar-refractivity contribution is 8.00. The van der Waals surface area contributed by atoms with Crippen LogP contribution in [0.5, 0.6) is 0 Å². The molecular formula is C9H19NOS. The Balaban J connectivity index is 2.56. The molecule has 3 unspecified atom stereocenters. The summed E-state index contributed by atoms with van der Waals surface area (Å²) in [5, 5.41) is 13.9. The first kappa shape index (κ1) is 10.4. The lowest BCUT2D eigenvalue weighted by atomic mass is 9.89. The second-order valence-electron chi connectivity index (χ2n) is 3.53. The first-order chi connectivity index (χ1) is 5.61. The Kier molecular flexibility index (Phi) is 3.44. The summed E-state index contributed by atoms with van der Waals surface area (Å²) >= 11 is 1.87. The van der Waals surface area contributed by atoms with Crippen LogP contribution in [0.25, 0.3) is 0 Å². The molecule has 2 N–H and O–H groups in total. The molecule has 0 saturated carbocycles. The molecule has 3 atom stereocenters. The molecule has 0 aromatic heterocycles. The minimum absolute atomic E-state index is 0.215. The minimum atomic E-state index is -0.485. The quantitative estimate of drug-likeness (QED) is 0.700. The van der Waals surface area contributed by atoms with E-state index in [-0.39, 0.29) is 6.04 Å². The van der Waals surface area contributed by atoms with E-state index in [2.05, 4.69) is 26.1 Å². The van der Waals surface area contributed by atoms with Crippen LogP contribution in [0.1, 0.15) is 27.2 Å². The van der Waals surface area contributed by atoms with Gasteiger partial charge in [0.15, 0.2) is 0 Å². The Morgan fingerprint density at radius 2 is 2.42 bits per heavy atom. The third-order valence-electron chi connectivity index (χ3n) is 2.83. The van der Waals surface area contributed by atoms with Gasteiger partial charge < -0.3 is 10.4 Å². The summed E-state index contributed by atoms with van der Waals surface area (Å²) in [6.45, 7) is 7.20. The van der Waals surface area contributed by atoms with E-state index in [9.17, 15) is 5.11 Å². The van der Waals surface area contributed by atoms with Crippen molar-refractivity contribution in [1.82, 2.24) is 5.32 Å². The Labute approximate surface area is 79.1 Å². The molecule has 2 nitrogen and oxygen atoms in total. The molecule has 1 heterocycles. The van der Waals surface area contributed by atoms with Gasteiger partial charge in [0.25, 0.3) is 0 Å². The lowest BCUT2D eigenvalue weighted by Gasteiger charge is -2.33. The molecule has 1 rings (SSSR count). The van der Waals surface area contributed by atoms with Gasteiger partial charge in [-0.25, -0.2) is 0 Å². The van der Waals surface area contributed by atoms with E-state index in [1.165, 1.54) is 0 Å². The lowest BCUT2D eigenvalue weighted by molar-refractivity contribution is 0.0133. The van der Waals surface area contributed by atoms with Gasteiger partial charge in [0.2, 0.25) is 0 Å². The van der Waals surface area contributed by atoms with Gasteiger partial charge in [-0.3, -0.25) is 0 Å². The van der Waals surface area contributed by atoms with Gasteiger partial charge >= 0.3 is 0 Å². The predicted octanol–water partition coefficient (Wildman–Crippen LogP) is 1.24. The summed E-state index contributed by atoms with van der Waals surface area (Å²) < 4.78 is 0.